The van der Waals surface area contributed by atoms with Crippen molar-refractivity contribution in [2.45, 2.75) is 25.8 Å². The maximum Gasteiger partial charge on any atom is 0.231 e. The Morgan fingerprint density at radius 3 is 2.75 bits per heavy atom. The Labute approximate surface area is 117 Å². The van der Waals surface area contributed by atoms with Crippen LogP contribution in [0.25, 0.3) is 10.8 Å². The van der Waals surface area contributed by atoms with Gasteiger partial charge in [0.2, 0.25) is 5.89 Å². The van der Waals surface area contributed by atoms with Crippen molar-refractivity contribution in [3.05, 3.63) is 59.7 Å². The van der Waals surface area contributed by atoms with Crippen LogP contribution in [-0.4, -0.2) is 16.2 Å². The summed E-state index contributed by atoms with van der Waals surface area (Å²) < 4.78 is 5.26. The second kappa shape index (κ2) is 5.43. The van der Waals surface area contributed by atoms with E-state index in [-0.39, 0.29) is 6.04 Å². The zero-order valence-electron chi connectivity index (χ0n) is 11.4. The first-order valence-corrected chi connectivity index (χ1v) is 6.75. The molecule has 1 heterocycles. The zero-order valence-corrected chi connectivity index (χ0v) is 11.4. The Bertz CT molecular complexity index is 718. The molecule has 0 amide bonds. The molecule has 0 fully saturated rings. The minimum absolute atomic E-state index is 0.0427. The molecule has 102 valence electrons. The van der Waals surface area contributed by atoms with E-state index in [1.54, 1.807) is 0 Å². The molecule has 0 bridgehead atoms. The average molecular weight is 267 g/mol. The molecule has 3 rings (SSSR count). The van der Waals surface area contributed by atoms with Gasteiger partial charge < -0.3 is 10.3 Å². The van der Waals surface area contributed by atoms with Gasteiger partial charge in [0, 0.05) is 12.5 Å². The molecule has 1 unspecified atom stereocenters. The van der Waals surface area contributed by atoms with Crippen LogP contribution in [0.3, 0.4) is 0 Å². The van der Waals surface area contributed by atoms with E-state index in [9.17, 15) is 0 Å². The van der Waals surface area contributed by atoms with Crippen LogP contribution < -0.4 is 5.73 Å². The molecule has 0 spiro atoms. The Kier molecular flexibility index (Phi) is 3.48. The number of benzene rings is 2. The van der Waals surface area contributed by atoms with Gasteiger partial charge >= 0.3 is 0 Å². The fourth-order valence-electron chi connectivity index (χ4n) is 2.26. The SMILES string of the molecule is CC(N)Cc1noc(Cc2ccc3ccccc3c2)n1. The number of nitrogens with two attached hydrogens (primary N) is 1. The summed E-state index contributed by atoms with van der Waals surface area (Å²) in [6, 6.07) is 14.7. The molecule has 0 aliphatic carbocycles. The lowest BCUT2D eigenvalue weighted by atomic mass is 10.1. The van der Waals surface area contributed by atoms with E-state index in [4.69, 9.17) is 10.3 Å². The standard InChI is InChI=1S/C16H17N3O/c1-11(17)8-15-18-16(20-19-15)10-12-6-7-13-4-2-3-5-14(13)9-12/h2-7,9,11H,8,10,17H2,1H3. The van der Waals surface area contributed by atoms with E-state index in [1.807, 2.05) is 19.1 Å². The van der Waals surface area contributed by atoms with Gasteiger partial charge in [0.25, 0.3) is 0 Å². The third-order valence-electron chi connectivity index (χ3n) is 3.18. The Morgan fingerprint density at radius 2 is 1.95 bits per heavy atom. The third kappa shape index (κ3) is 2.86. The summed E-state index contributed by atoms with van der Waals surface area (Å²) in [6.07, 6.45) is 1.29. The first kappa shape index (κ1) is 12.8. The topological polar surface area (TPSA) is 64.9 Å². The molecule has 20 heavy (non-hydrogen) atoms. The predicted molar refractivity (Wildman–Crippen MR) is 78.4 cm³/mol. The highest BCUT2D eigenvalue weighted by molar-refractivity contribution is 5.83. The molecule has 1 atom stereocenters. The Morgan fingerprint density at radius 1 is 1.15 bits per heavy atom. The zero-order chi connectivity index (χ0) is 13.9. The minimum Gasteiger partial charge on any atom is -0.339 e. The Balaban J connectivity index is 1.80. The molecule has 4 heteroatoms. The minimum atomic E-state index is 0.0427. The van der Waals surface area contributed by atoms with E-state index >= 15 is 0 Å². The summed E-state index contributed by atoms with van der Waals surface area (Å²) in [7, 11) is 0. The summed E-state index contributed by atoms with van der Waals surface area (Å²) in [4.78, 5) is 4.37. The number of hydrogen-bond donors (Lipinski definition) is 1. The molecule has 0 aliphatic rings. The van der Waals surface area contributed by atoms with Crippen molar-refractivity contribution in [1.29, 1.82) is 0 Å². The lowest BCUT2D eigenvalue weighted by Gasteiger charge is -2.01. The fourth-order valence-corrected chi connectivity index (χ4v) is 2.26. The molecule has 0 radical (unpaired) electrons. The van der Waals surface area contributed by atoms with Crippen molar-refractivity contribution < 1.29 is 4.52 Å². The summed E-state index contributed by atoms with van der Waals surface area (Å²) in [5, 5.41) is 6.41. The number of rotatable bonds is 4. The number of aromatic nitrogens is 2. The highest BCUT2D eigenvalue weighted by atomic mass is 16.5. The highest BCUT2D eigenvalue weighted by Gasteiger charge is 2.09. The van der Waals surface area contributed by atoms with E-state index in [2.05, 4.69) is 40.5 Å². The molecule has 1 aromatic heterocycles. The molecular weight excluding hydrogens is 250 g/mol. The number of hydrogen-bond acceptors (Lipinski definition) is 4. The van der Waals surface area contributed by atoms with Gasteiger partial charge in [-0.3, -0.25) is 0 Å². The fraction of sp³-hybridized carbons (Fsp3) is 0.250. The molecule has 3 aromatic rings. The van der Waals surface area contributed by atoms with Gasteiger partial charge in [-0.2, -0.15) is 4.98 Å². The van der Waals surface area contributed by atoms with Crippen molar-refractivity contribution in [3.8, 4) is 0 Å². The van der Waals surface area contributed by atoms with Crippen LogP contribution in [0.1, 0.15) is 24.2 Å². The summed E-state index contributed by atoms with van der Waals surface area (Å²) >= 11 is 0. The van der Waals surface area contributed by atoms with Crippen LogP contribution in [0.15, 0.2) is 47.0 Å². The van der Waals surface area contributed by atoms with Crippen LogP contribution in [-0.2, 0) is 12.8 Å². The lowest BCUT2D eigenvalue weighted by molar-refractivity contribution is 0.378. The summed E-state index contributed by atoms with van der Waals surface area (Å²) in [5.41, 5.74) is 6.89. The van der Waals surface area contributed by atoms with Gasteiger partial charge in [-0.05, 0) is 23.3 Å². The second-order valence-electron chi connectivity index (χ2n) is 5.14. The van der Waals surface area contributed by atoms with Gasteiger partial charge in [-0.1, -0.05) is 47.6 Å². The molecule has 0 aliphatic heterocycles. The predicted octanol–water partition coefficient (Wildman–Crippen LogP) is 2.70. The first-order chi connectivity index (χ1) is 9.70. The van der Waals surface area contributed by atoms with E-state index < -0.39 is 0 Å². The van der Waals surface area contributed by atoms with Crippen molar-refractivity contribution in [1.82, 2.24) is 10.1 Å². The summed E-state index contributed by atoms with van der Waals surface area (Å²) in [5.74, 6) is 1.31. The Hall–Kier alpha value is -2.20. The van der Waals surface area contributed by atoms with E-state index in [0.29, 0.717) is 24.6 Å². The highest BCUT2D eigenvalue weighted by Crippen LogP contribution is 2.17. The van der Waals surface area contributed by atoms with Gasteiger partial charge in [-0.15, -0.1) is 0 Å². The first-order valence-electron chi connectivity index (χ1n) is 6.75. The van der Waals surface area contributed by atoms with Gasteiger partial charge in [0.1, 0.15) is 0 Å². The van der Waals surface area contributed by atoms with Crippen LogP contribution >= 0.6 is 0 Å². The van der Waals surface area contributed by atoms with Crippen LogP contribution in [0.2, 0.25) is 0 Å². The van der Waals surface area contributed by atoms with E-state index in [1.165, 1.54) is 16.3 Å². The number of nitrogens with zero attached hydrogens (tertiary/aromatic N) is 2. The lowest BCUT2D eigenvalue weighted by Crippen LogP contribution is -2.18. The van der Waals surface area contributed by atoms with Crippen LogP contribution in [0.4, 0.5) is 0 Å². The molecule has 0 saturated heterocycles. The monoisotopic (exact) mass is 267 g/mol. The molecule has 2 aromatic carbocycles. The summed E-state index contributed by atoms with van der Waals surface area (Å²) in [6.45, 7) is 1.93. The largest absolute Gasteiger partial charge is 0.339 e. The van der Waals surface area contributed by atoms with Crippen molar-refractivity contribution in [2.75, 3.05) is 0 Å². The van der Waals surface area contributed by atoms with Gasteiger partial charge in [0.15, 0.2) is 5.82 Å². The average Bonchev–Trinajstić information content (AvgIpc) is 2.85. The van der Waals surface area contributed by atoms with Crippen molar-refractivity contribution >= 4 is 10.8 Å². The molecule has 2 N–H and O–H groups in total. The second-order valence-corrected chi connectivity index (χ2v) is 5.14. The number of fused-ring (bicyclic) bond motifs is 1. The maximum atomic E-state index is 5.73. The molecule has 4 nitrogen and oxygen atoms in total. The van der Waals surface area contributed by atoms with Crippen molar-refractivity contribution in [3.63, 3.8) is 0 Å². The normalized spacial score (nSPS) is 12.7. The smallest absolute Gasteiger partial charge is 0.231 e. The maximum absolute atomic E-state index is 5.73. The molecule has 0 saturated carbocycles. The molecular formula is C16H17N3O. The quantitative estimate of drug-likeness (QED) is 0.789. The van der Waals surface area contributed by atoms with Crippen molar-refractivity contribution in [2.24, 2.45) is 5.73 Å². The van der Waals surface area contributed by atoms with Crippen LogP contribution in [0, 0.1) is 0 Å². The van der Waals surface area contributed by atoms with E-state index in [0.717, 1.165) is 0 Å². The third-order valence-corrected chi connectivity index (χ3v) is 3.18. The van der Waals surface area contributed by atoms with Crippen LogP contribution in [0.5, 0.6) is 0 Å². The van der Waals surface area contributed by atoms with Gasteiger partial charge in [0.05, 0.1) is 6.42 Å². The van der Waals surface area contributed by atoms with Gasteiger partial charge in [-0.25, -0.2) is 0 Å².